The van der Waals surface area contributed by atoms with Crippen LogP contribution in [0.2, 0.25) is 0 Å². The van der Waals surface area contributed by atoms with Crippen molar-refractivity contribution >= 4 is 29.4 Å². The average Bonchev–Trinajstić information content (AvgIpc) is 3.32. The van der Waals surface area contributed by atoms with Crippen LogP contribution in [0, 0.1) is 0 Å². The van der Waals surface area contributed by atoms with Gasteiger partial charge in [0.1, 0.15) is 0 Å². The number of ether oxygens (including phenoxy) is 3. The monoisotopic (exact) mass is 441 g/mol. The Morgan fingerprint density at radius 1 is 0.939 bits per heavy atom. The first-order valence-electron chi connectivity index (χ1n) is 10.3. The highest BCUT2D eigenvalue weighted by molar-refractivity contribution is 6.33. The van der Waals surface area contributed by atoms with E-state index < -0.39 is 11.9 Å². The maximum Gasteiger partial charge on any atom is 0.337 e. The van der Waals surface area contributed by atoms with Crippen molar-refractivity contribution in [3.8, 4) is 11.5 Å². The molecule has 0 saturated heterocycles. The second-order valence-electron chi connectivity index (χ2n) is 7.60. The number of benzene rings is 3. The largest absolute Gasteiger partial charge is 0.465 e. The lowest BCUT2D eigenvalue weighted by Gasteiger charge is -2.29. The predicted molar refractivity (Wildman–Crippen MR) is 120 cm³/mol. The van der Waals surface area contributed by atoms with Gasteiger partial charge in [-0.05, 0) is 53.1 Å². The lowest BCUT2D eigenvalue weighted by atomic mass is 9.91. The zero-order valence-electron chi connectivity index (χ0n) is 17.7. The molecule has 2 aliphatic heterocycles. The van der Waals surface area contributed by atoms with Crippen LogP contribution in [0.4, 0.5) is 0 Å². The van der Waals surface area contributed by atoms with Crippen molar-refractivity contribution in [2.75, 3.05) is 13.9 Å². The SMILES string of the molecule is COC(=O)c1ccc(/C=C2/C(=O)N(Cc3ccc4c(c3)OCO4)C(=O)c3ccccc32)cc1. The summed E-state index contributed by atoms with van der Waals surface area (Å²) in [5, 5.41) is 0. The third kappa shape index (κ3) is 3.74. The van der Waals surface area contributed by atoms with Gasteiger partial charge in [0.25, 0.3) is 11.8 Å². The molecular formula is C26H19NO6. The molecule has 0 N–H and O–H groups in total. The molecular weight excluding hydrogens is 422 g/mol. The molecule has 0 unspecified atom stereocenters. The smallest absolute Gasteiger partial charge is 0.337 e. The predicted octanol–water partition coefficient (Wildman–Crippen LogP) is 3.93. The highest BCUT2D eigenvalue weighted by Crippen LogP contribution is 2.35. The summed E-state index contributed by atoms with van der Waals surface area (Å²) < 4.78 is 15.5. The first-order chi connectivity index (χ1) is 16.0. The van der Waals surface area contributed by atoms with Crippen molar-refractivity contribution in [3.63, 3.8) is 0 Å². The number of rotatable bonds is 4. The van der Waals surface area contributed by atoms with E-state index >= 15 is 0 Å². The molecule has 2 aliphatic rings. The standard InChI is InChI=1S/C26H19NO6/c1-31-26(30)18-9-6-16(7-10-18)12-21-19-4-2-3-5-20(19)24(28)27(25(21)29)14-17-8-11-22-23(13-17)33-15-32-22/h2-13H,14-15H2,1H3/b21-12+. The van der Waals surface area contributed by atoms with Crippen LogP contribution < -0.4 is 9.47 Å². The normalized spacial score (nSPS) is 15.5. The fraction of sp³-hybridized carbons (Fsp3) is 0.115. The fourth-order valence-corrected chi connectivity index (χ4v) is 3.91. The number of amides is 2. The van der Waals surface area contributed by atoms with Crippen LogP contribution in [0.25, 0.3) is 11.6 Å². The van der Waals surface area contributed by atoms with E-state index in [2.05, 4.69) is 0 Å². The Morgan fingerprint density at radius 3 is 2.42 bits per heavy atom. The van der Waals surface area contributed by atoms with Gasteiger partial charge >= 0.3 is 5.97 Å². The van der Waals surface area contributed by atoms with E-state index in [0.29, 0.717) is 33.8 Å². The van der Waals surface area contributed by atoms with Gasteiger partial charge in [-0.1, -0.05) is 36.4 Å². The topological polar surface area (TPSA) is 82.1 Å². The second kappa shape index (κ2) is 8.27. The lowest BCUT2D eigenvalue weighted by Crippen LogP contribution is -2.41. The molecule has 5 rings (SSSR count). The van der Waals surface area contributed by atoms with Gasteiger partial charge in [0, 0.05) is 11.1 Å². The maximum absolute atomic E-state index is 13.5. The van der Waals surface area contributed by atoms with Crippen LogP contribution in [0.5, 0.6) is 11.5 Å². The van der Waals surface area contributed by atoms with Crippen LogP contribution >= 0.6 is 0 Å². The van der Waals surface area contributed by atoms with E-state index in [0.717, 1.165) is 11.1 Å². The molecule has 3 aromatic carbocycles. The molecule has 3 aromatic rings. The zero-order chi connectivity index (χ0) is 22.9. The van der Waals surface area contributed by atoms with E-state index in [1.807, 2.05) is 6.07 Å². The van der Waals surface area contributed by atoms with Gasteiger partial charge in [0.15, 0.2) is 11.5 Å². The highest BCUT2D eigenvalue weighted by Gasteiger charge is 2.34. The highest BCUT2D eigenvalue weighted by atomic mass is 16.7. The number of methoxy groups -OCH3 is 1. The van der Waals surface area contributed by atoms with Gasteiger partial charge < -0.3 is 14.2 Å². The number of hydrogen-bond acceptors (Lipinski definition) is 6. The Morgan fingerprint density at radius 2 is 1.67 bits per heavy atom. The molecule has 7 nitrogen and oxygen atoms in total. The average molecular weight is 441 g/mol. The number of carbonyl (C=O) groups excluding carboxylic acids is 3. The first kappa shape index (κ1) is 20.5. The van der Waals surface area contributed by atoms with E-state index in [-0.39, 0.29) is 19.2 Å². The Kier molecular flexibility index (Phi) is 5.14. The Balaban J connectivity index is 1.51. The number of imide groups is 1. The van der Waals surface area contributed by atoms with Crippen molar-refractivity contribution in [1.82, 2.24) is 4.90 Å². The zero-order valence-corrected chi connectivity index (χ0v) is 17.7. The summed E-state index contributed by atoms with van der Waals surface area (Å²) in [6.45, 7) is 0.247. The quantitative estimate of drug-likeness (QED) is 0.347. The molecule has 0 fully saturated rings. The minimum atomic E-state index is -0.436. The van der Waals surface area contributed by atoms with Crippen molar-refractivity contribution < 1.29 is 28.6 Å². The number of carbonyl (C=O) groups is 3. The molecule has 2 heterocycles. The van der Waals surface area contributed by atoms with Gasteiger partial charge in [0.2, 0.25) is 6.79 Å². The maximum atomic E-state index is 13.5. The van der Waals surface area contributed by atoms with Gasteiger partial charge in [-0.25, -0.2) is 4.79 Å². The van der Waals surface area contributed by atoms with Gasteiger partial charge in [0.05, 0.1) is 19.2 Å². The molecule has 0 aromatic heterocycles. The van der Waals surface area contributed by atoms with Crippen molar-refractivity contribution in [2.45, 2.75) is 6.54 Å². The fourth-order valence-electron chi connectivity index (χ4n) is 3.91. The molecule has 7 heteroatoms. The third-order valence-electron chi connectivity index (χ3n) is 5.59. The summed E-state index contributed by atoms with van der Waals surface area (Å²) in [7, 11) is 1.32. The number of nitrogens with zero attached hydrogens (tertiary/aromatic N) is 1. The molecule has 0 spiro atoms. The van der Waals surface area contributed by atoms with Gasteiger partial charge in [-0.2, -0.15) is 0 Å². The molecule has 0 radical (unpaired) electrons. The van der Waals surface area contributed by atoms with Gasteiger partial charge in [-0.3, -0.25) is 14.5 Å². The lowest BCUT2D eigenvalue weighted by molar-refractivity contribution is -0.123. The number of fused-ring (bicyclic) bond motifs is 2. The number of esters is 1. The molecule has 0 atom stereocenters. The number of hydrogen-bond donors (Lipinski definition) is 0. The third-order valence-corrected chi connectivity index (χ3v) is 5.59. The van der Waals surface area contributed by atoms with E-state index in [9.17, 15) is 14.4 Å². The Labute approximate surface area is 189 Å². The Bertz CT molecular complexity index is 1310. The van der Waals surface area contributed by atoms with E-state index in [4.69, 9.17) is 14.2 Å². The molecule has 33 heavy (non-hydrogen) atoms. The van der Waals surface area contributed by atoms with Crippen LogP contribution in [0.1, 0.15) is 37.4 Å². The van der Waals surface area contributed by atoms with Crippen LogP contribution in [-0.4, -0.2) is 36.6 Å². The van der Waals surface area contributed by atoms with Crippen molar-refractivity contribution in [1.29, 1.82) is 0 Å². The second-order valence-corrected chi connectivity index (χ2v) is 7.60. The van der Waals surface area contributed by atoms with E-state index in [1.54, 1.807) is 66.7 Å². The van der Waals surface area contributed by atoms with Crippen molar-refractivity contribution in [2.24, 2.45) is 0 Å². The summed E-state index contributed by atoms with van der Waals surface area (Å²) in [6, 6.07) is 19.1. The minimum absolute atomic E-state index is 0.0985. The molecule has 164 valence electrons. The summed E-state index contributed by atoms with van der Waals surface area (Å²) in [4.78, 5) is 39.6. The molecule has 0 saturated carbocycles. The summed E-state index contributed by atoms with van der Waals surface area (Å²) in [6.07, 6.45) is 1.72. The summed E-state index contributed by atoms with van der Waals surface area (Å²) >= 11 is 0. The summed E-state index contributed by atoms with van der Waals surface area (Å²) in [5.41, 5.74) is 3.31. The molecule has 0 bridgehead atoms. The molecule has 2 amide bonds. The van der Waals surface area contributed by atoms with Crippen LogP contribution in [-0.2, 0) is 16.1 Å². The Hall–Kier alpha value is -4.39. The summed E-state index contributed by atoms with van der Waals surface area (Å²) in [5.74, 6) is 0.0382. The van der Waals surface area contributed by atoms with Crippen LogP contribution in [0.3, 0.4) is 0 Å². The van der Waals surface area contributed by atoms with Crippen LogP contribution in [0.15, 0.2) is 66.7 Å². The first-order valence-corrected chi connectivity index (χ1v) is 10.3. The van der Waals surface area contributed by atoms with Gasteiger partial charge in [-0.15, -0.1) is 0 Å². The molecule has 0 aliphatic carbocycles. The minimum Gasteiger partial charge on any atom is -0.465 e. The van der Waals surface area contributed by atoms with E-state index in [1.165, 1.54) is 12.0 Å². The van der Waals surface area contributed by atoms with Crippen molar-refractivity contribution in [3.05, 3.63) is 94.5 Å².